The molecule has 1 fully saturated rings. The summed E-state index contributed by atoms with van der Waals surface area (Å²) in [4.78, 5) is 4.54. The van der Waals surface area contributed by atoms with Crippen LogP contribution in [0, 0.1) is 0 Å². The first-order chi connectivity index (χ1) is 6.31. The van der Waals surface area contributed by atoms with Crippen molar-refractivity contribution in [2.45, 2.75) is 13.0 Å². The molecule has 4 nitrogen and oxygen atoms in total. The van der Waals surface area contributed by atoms with E-state index in [9.17, 15) is 0 Å². The van der Waals surface area contributed by atoms with E-state index in [-0.39, 0.29) is 19.3 Å². The Balaban J connectivity index is 2.30. The van der Waals surface area contributed by atoms with Gasteiger partial charge in [0.2, 0.25) is 0 Å². The average Bonchev–Trinajstić information content (AvgIpc) is 2.21. The van der Waals surface area contributed by atoms with Crippen molar-refractivity contribution in [2.75, 3.05) is 45.9 Å². The summed E-state index contributed by atoms with van der Waals surface area (Å²) < 4.78 is 0. The Labute approximate surface area is 79.8 Å². The maximum Gasteiger partial charge on any atom is 0.0609 e. The lowest BCUT2D eigenvalue weighted by Crippen LogP contribution is -2.52. The van der Waals surface area contributed by atoms with Gasteiger partial charge in [-0.05, 0) is 6.54 Å². The van der Waals surface area contributed by atoms with Crippen LogP contribution in [-0.2, 0) is 0 Å². The Morgan fingerprint density at radius 1 is 1.08 bits per heavy atom. The van der Waals surface area contributed by atoms with E-state index in [1.807, 2.05) is 0 Å². The van der Waals surface area contributed by atoms with Gasteiger partial charge in [0.15, 0.2) is 0 Å². The van der Waals surface area contributed by atoms with Gasteiger partial charge in [0.05, 0.1) is 19.3 Å². The molecule has 0 aromatic rings. The molecule has 1 saturated heterocycles. The van der Waals surface area contributed by atoms with Crippen molar-refractivity contribution in [1.29, 1.82) is 0 Å². The first-order valence-corrected chi connectivity index (χ1v) is 5.00. The SMILES string of the molecule is CCN1CCN(C(CO)CO)CC1. The molecule has 0 amide bonds. The van der Waals surface area contributed by atoms with E-state index in [0.717, 1.165) is 32.7 Å². The summed E-state index contributed by atoms with van der Waals surface area (Å²) >= 11 is 0. The predicted molar refractivity (Wildman–Crippen MR) is 51.6 cm³/mol. The summed E-state index contributed by atoms with van der Waals surface area (Å²) in [5, 5.41) is 18.0. The standard InChI is InChI=1S/C9H20N2O2/c1-2-10-3-5-11(6-4-10)9(7-12)8-13/h9,12-13H,2-8H2,1H3. The normalized spacial score (nSPS) is 21.2. The number of rotatable bonds is 4. The van der Waals surface area contributed by atoms with Gasteiger partial charge in [0.25, 0.3) is 0 Å². The zero-order valence-electron chi connectivity index (χ0n) is 8.32. The third-order valence-corrected chi connectivity index (χ3v) is 2.79. The zero-order chi connectivity index (χ0) is 9.68. The van der Waals surface area contributed by atoms with Crippen LogP contribution in [0.3, 0.4) is 0 Å². The van der Waals surface area contributed by atoms with Crippen LogP contribution in [0.4, 0.5) is 0 Å². The van der Waals surface area contributed by atoms with Crippen molar-refractivity contribution in [3.05, 3.63) is 0 Å². The third-order valence-electron chi connectivity index (χ3n) is 2.79. The molecule has 2 N–H and O–H groups in total. The van der Waals surface area contributed by atoms with Crippen LogP contribution in [0.25, 0.3) is 0 Å². The Kier molecular flexibility index (Phi) is 4.66. The number of nitrogens with zero attached hydrogens (tertiary/aromatic N) is 2. The molecule has 4 heteroatoms. The van der Waals surface area contributed by atoms with Crippen molar-refractivity contribution in [1.82, 2.24) is 9.80 Å². The summed E-state index contributed by atoms with van der Waals surface area (Å²) in [6.45, 7) is 7.38. The van der Waals surface area contributed by atoms with Gasteiger partial charge in [0, 0.05) is 26.2 Å². The highest BCUT2D eigenvalue weighted by Gasteiger charge is 2.21. The quantitative estimate of drug-likeness (QED) is 0.593. The van der Waals surface area contributed by atoms with E-state index in [1.165, 1.54) is 0 Å². The number of aliphatic hydroxyl groups excluding tert-OH is 2. The second-order valence-electron chi connectivity index (χ2n) is 3.49. The van der Waals surface area contributed by atoms with Crippen LogP contribution >= 0.6 is 0 Å². The van der Waals surface area contributed by atoms with E-state index < -0.39 is 0 Å². The zero-order valence-corrected chi connectivity index (χ0v) is 8.32. The molecule has 0 saturated carbocycles. The fraction of sp³-hybridized carbons (Fsp3) is 1.00. The predicted octanol–water partition coefficient (Wildman–Crippen LogP) is -1.02. The van der Waals surface area contributed by atoms with E-state index in [4.69, 9.17) is 10.2 Å². The lowest BCUT2D eigenvalue weighted by atomic mass is 10.2. The van der Waals surface area contributed by atoms with Gasteiger partial charge in [-0.2, -0.15) is 0 Å². The van der Waals surface area contributed by atoms with Gasteiger partial charge >= 0.3 is 0 Å². The van der Waals surface area contributed by atoms with E-state index in [2.05, 4.69) is 16.7 Å². The first-order valence-electron chi connectivity index (χ1n) is 5.00. The van der Waals surface area contributed by atoms with Crippen LogP contribution in [0.15, 0.2) is 0 Å². The summed E-state index contributed by atoms with van der Waals surface area (Å²) in [5.41, 5.74) is 0. The Bertz CT molecular complexity index is 132. The lowest BCUT2D eigenvalue weighted by molar-refractivity contribution is 0.0374. The fourth-order valence-corrected chi connectivity index (χ4v) is 1.73. The lowest BCUT2D eigenvalue weighted by Gasteiger charge is -2.37. The number of aliphatic hydroxyl groups is 2. The molecule has 13 heavy (non-hydrogen) atoms. The maximum absolute atomic E-state index is 8.99. The molecule has 1 heterocycles. The van der Waals surface area contributed by atoms with Crippen molar-refractivity contribution in [2.24, 2.45) is 0 Å². The number of piperazine rings is 1. The maximum atomic E-state index is 8.99. The smallest absolute Gasteiger partial charge is 0.0609 e. The topological polar surface area (TPSA) is 46.9 Å². The summed E-state index contributed by atoms with van der Waals surface area (Å²) in [7, 11) is 0. The van der Waals surface area contributed by atoms with Crippen molar-refractivity contribution in [3.63, 3.8) is 0 Å². The Hall–Kier alpha value is -0.160. The minimum atomic E-state index is -0.0565. The van der Waals surface area contributed by atoms with E-state index >= 15 is 0 Å². The Morgan fingerprint density at radius 2 is 1.62 bits per heavy atom. The second kappa shape index (κ2) is 5.54. The van der Waals surface area contributed by atoms with Crippen LogP contribution in [0.2, 0.25) is 0 Å². The van der Waals surface area contributed by atoms with Gasteiger partial charge in [-0.15, -0.1) is 0 Å². The first kappa shape index (κ1) is 10.9. The molecular weight excluding hydrogens is 168 g/mol. The molecule has 1 rings (SSSR count). The van der Waals surface area contributed by atoms with Gasteiger partial charge in [-0.25, -0.2) is 0 Å². The van der Waals surface area contributed by atoms with Gasteiger partial charge in [-0.3, -0.25) is 4.90 Å². The molecule has 0 radical (unpaired) electrons. The van der Waals surface area contributed by atoms with Crippen LogP contribution in [-0.4, -0.2) is 72.0 Å². The minimum Gasteiger partial charge on any atom is -0.395 e. The summed E-state index contributed by atoms with van der Waals surface area (Å²) in [6.07, 6.45) is 0. The largest absolute Gasteiger partial charge is 0.395 e. The van der Waals surface area contributed by atoms with Gasteiger partial charge in [0.1, 0.15) is 0 Å². The highest BCUT2D eigenvalue weighted by Crippen LogP contribution is 2.05. The summed E-state index contributed by atoms with van der Waals surface area (Å²) in [6, 6.07) is -0.0565. The second-order valence-corrected chi connectivity index (χ2v) is 3.49. The fourth-order valence-electron chi connectivity index (χ4n) is 1.73. The molecular formula is C9H20N2O2. The average molecular weight is 188 g/mol. The van der Waals surface area contributed by atoms with Gasteiger partial charge < -0.3 is 15.1 Å². The van der Waals surface area contributed by atoms with Crippen LogP contribution in [0.1, 0.15) is 6.92 Å². The Morgan fingerprint density at radius 3 is 2.00 bits per heavy atom. The van der Waals surface area contributed by atoms with Crippen molar-refractivity contribution < 1.29 is 10.2 Å². The number of likely N-dealkylation sites (N-methyl/N-ethyl adjacent to an activating group) is 1. The highest BCUT2D eigenvalue weighted by atomic mass is 16.3. The molecule has 0 atom stereocenters. The highest BCUT2D eigenvalue weighted by molar-refractivity contribution is 4.77. The number of hydrogen-bond donors (Lipinski definition) is 2. The minimum absolute atomic E-state index is 0.0565. The molecule has 0 aromatic heterocycles. The monoisotopic (exact) mass is 188 g/mol. The molecule has 1 aliphatic rings. The summed E-state index contributed by atoms with van der Waals surface area (Å²) in [5.74, 6) is 0. The molecule has 0 aliphatic carbocycles. The van der Waals surface area contributed by atoms with Gasteiger partial charge in [-0.1, -0.05) is 6.92 Å². The molecule has 1 aliphatic heterocycles. The third kappa shape index (κ3) is 2.91. The number of hydrogen-bond acceptors (Lipinski definition) is 4. The molecule has 0 bridgehead atoms. The van der Waals surface area contributed by atoms with Crippen LogP contribution < -0.4 is 0 Å². The van der Waals surface area contributed by atoms with Crippen LogP contribution in [0.5, 0.6) is 0 Å². The molecule has 0 spiro atoms. The van der Waals surface area contributed by atoms with E-state index in [0.29, 0.717) is 0 Å². The molecule has 0 aromatic carbocycles. The van der Waals surface area contributed by atoms with Crippen molar-refractivity contribution in [3.8, 4) is 0 Å². The molecule has 78 valence electrons. The van der Waals surface area contributed by atoms with E-state index in [1.54, 1.807) is 0 Å². The van der Waals surface area contributed by atoms with Crippen molar-refractivity contribution >= 4 is 0 Å². The molecule has 0 unspecified atom stereocenters.